The molecular formula is C46H92O4. The molecule has 0 saturated carbocycles. The van der Waals surface area contributed by atoms with E-state index >= 15 is 0 Å². The number of hydrogen-bond donors (Lipinski definition) is 2. The van der Waals surface area contributed by atoms with E-state index in [0.717, 1.165) is 51.4 Å². The van der Waals surface area contributed by atoms with Crippen LogP contribution >= 0.6 is 0 Å². The lowest BCUT2D eigenvalue weighted by Gasteiger charge is -2.12. The highest BCUT2D eigenvalue weighted by Crippen LogP contribution is 2.18. The van der Waals surface area contributed by atoms with E-state index in [1.807, 2.05) is 0 Å². The minimum Gasteiger partial charge on any atom is -0.436 e. The zero-order valence-electron chi connectivity index (χ0n) is 34.4. The molecule has 0 aromatic heterocycles. The number of carbonyl (C=O) groups excluding carboxylic acids is 1. The summed E-state index contributed by atoms with van der Waals surface area (Å²) in [6.07, 6.45) is 50.6. The van der Waals surface area contributed by atoms with Crippen LogP contribution in [0.25, 0.3) is 0 Å². The maximum Gasteiger partial charge on any atom is 0.308 e. The molecule has 50 heavy (non-hydrogen) atoms. The number of aliphatic hydroxyl groups excluding tert-OH is 2. The van der Waals surface area contributed by atoms with Crippen molar-refractivity contribution in [2.24, 2.45) is 0 Å². The van der Waals surface area contributed by atoms with Crippen LogP contribution in [0.4, 0.5) is 0 Å². The minimum absolute atomic E-state index is 0.0990. The van der Waals surface area contributed by atoms with Crippen LogP contribution in [-0.4, -0.2) is 28.6 Å². The van der Waals surface area contributed by atoms with Gasteiger partial charge in [0.15, 0.2) is 0 Å². The molecule has 0 bridgehead atoms. The molecule has 2 N–H and O–H groups in total. The average molecular weight is 709 g/mol. The Morgan fingerprint density at radius 1 is 0.360 bits per heavy atom. The summed E-state index contributed by atoms with van der Waals surface area (Å²) in [5, 5.41) is 20.1. The van der Waals surface area contributed by atoms with E-state index in [2.05, 4.69) is 13.8 Å². The summed E-state index contributed by atoms with van der Waals surface area (Å²) >= 11 is 0. The van der Waals surface area contributed by atoms with Crippen molar-refractivity contribution in [1.29, 1.82) is 0 Å². The molecule has 300 valence electrons. The van der Waals surface area contributed by atoms with E-state index in [9.17, 15) is 15.0 Å². The molecule has 0 aliphatic heterocycles. The second kappa shape index (κ2) is 42.8. The fraction of sp³-hybridized carbons (Fsp3) is 0.978. The Bertz CT molecular complexity index is 638. The van der Waals surface area contributed by atoms with E-state index in [-0.39, 0.29) is 12.1 Å². The Labute approximate surface area is 314 Å². The van der Waals surface area contributed by atoms with E-state index < -0.39 is 6.29 Å². The molecule has 0 aliphatic carbocycles. The van der Waals surface area contributed by atoms with Crippen LogP contribution in [0.2, 0.25) is 0 Å². The summed E-state index contributed by atoms with van der Waals surface area (Å²) in [5.74, 6) is -0.245. The first-order valence-electron chi connectivity index (χ1n) is 23.2. The van der Waals surface area contributed by atoms with Gasteiger partial charge in [0, 0.05) is 12.8 Å². The molecular weight excluding hydrogens is 617 g/mol. The zero-order chi connectivity index (χ0) is 36.4. The van der Waals surface area contributed by atoms with Crippen molar-refractivity contribution in [2.45, 2.75) is 289 Å². The quantitative estimate of drug-likeness (QED) is 0.0376. The Morgan fingerprint density at radius 3 is 0.920 bits per heavy atom. The van der Waals surface area contributed by atoms with Crippen LogP contribution < -0.4 is 0 Å². The third-order valence-corrected chi connectivity index (χ3v) is 10.9. The van der Waals surface area contributed by atoms with Crippen molar-refractivity contribution in [3.63, 3.8) is 0 Å². The highest BCUT2D eigenvalue weighted by Gasteiger charge is 2.10. The van der Waals surface area contributed by atoms with Crippen molar-refractivity contribution < 1.29 is 19.7 Å². The van der Waals surface area contributed by atoms with Gasteiger partial charge in [0.1, 0.15) is 0 Å². The summed E-state index contributed by atoms with van der Waals surface area (Å²) in [7, 11) is 0. The fourth-order valence-corrected chi connectivity index (χ4v) is 7.39. The molecule has 0 fully saturated rings. The van der Waals surface area contributed by atoms with E-state index in [1.165, 1.54) is 199 Å². The summed E-state index contributed by atoms with van der Waals surface area (Å²) < 4.78 is 5.23. The molecule has 0 saturated heterocycles. The van der Waals surface area contributed by atoms with Crippen molar-refractivity contribution in [2.75, 3.05) is 0 Å². The molecule has 0 spiro atoms. The van der Waals surface area contributed by atoms with Gasteiger partial charge in [-0.25, -0.2) is 0 Å². The lowest BCUT2D eigenvalue weighted by atomic mass is 10.0. The maximum absolute atomic E-state index is 12.1. The van der Waals surface area contributed by atoms with Crippen LogP contribution in [0.15, 0.2) is 0 Å². The fourth-order valence-electron chi connectivity index (χ4n) is 7.39. The highest BCUT2D eigenvalue weighted by molar-refractivity contribution is 5.69. The van der Waals surface area contributed by atoms with Crippen LogP contribution in [-0.2, 0) is 9.53 Å². The SMILES string of the molecule is CCCCCCCCCCCCCCCCCCCCCCCCCCCC(O)OC(=O)CCCCCCCCCCC(O)CCCCCC. The Hall–Kier alpha value is -0.610. The topological polar surface area (TPSA) is 66.8 Å². The van der Waals surface area contributed by atoms with Gasteiger partial charge in [0.25, 0.3) is 0 Å². The third-order valence-electron chi connectivity index (χ3n) is 10.9. The Kier molecular flexibility index (Phi) is 42.3. The number of esters is 1. The minimum atomic E-state index is -0.929. The molecule has 0 rings (SSSR count). The second-order valence-corrected chi connectivity index (χ2v) is 16.1. The van der Waals surface area contributed by atoms with Gasteiger partial charge in [-0.2, -0.15) is 0 Å². The van der Waals surface area contributed by atoms with Crippen LogP contribution in [0.5, 0.6) is 0 Å². The molecule has 0 aromatic rings. The predicted octanol–water partition coefficient (Wildman–Crippen LogP) is 15.2. The maximum atomic E-state index is 12.1. The zero-order valence-corrected chi connectivity index (χ0v) is 34.4. The molecule has 2 atom stereocenters. The van der Waals surface area contributed by atoms with Gasteiger partial charge in [-0.1, -0.05) is 239 Å². The smallest absolute Gasteiger partial charge is 0.308 e. The van der Waals surface area contributed by atoms with Gasteiger partial charge in [0.2, 0.25) is 6.29 Å². The number of rotatable bonds is 43. The van der Waals surface area contributed by atoms with Gasteiger partial charge < -0.3 is 14.9 Å². The Balaban J connectivity index is 3.27. The van der Waals surface area contributed by atoms with Crippen molar-refractivity contribution in [3.05, 3.63) is 0 Å². The van der Waals surface area contributed by atoms with E-state index in [1.54, 1.807) is 0 Å². The first-order chi connectivity index (χ1) is 24.6. The Morgan fingerprint density at radius 2 is 0.600 bits per heavy atom. The first-order valence-corrected chi connectivity index (χ1v) is 23.2. The summed E-state index contributed by atoms with van der Waals surface area (Å²) in [4.78, 5) is 12.1. The highest BCUT2D eigenvalue weighted by atomic mass is 16.6. The molecule has 4 nitrogen and oxygen atoms in total. The van der Waals surface area contributed by atoms with Gasteiger partial charge in [-0.15, -0.1) is 0 Å². The largest absolute Gasteiger partial charge is 0.436 e. The molecule has 0 aliphatic rings. The molecule has 0 aromatic carbocycles. The van der Waals surface area contributed by atoms with Gasteiger partial charge in [0.05, 0.1) is 6.10 Å². The number of unbranched alkanes of at least 4 members (excludes halogenated alkanes) is 34. The van der Waals surface area contributed by atoms with Gasteiger partial charge in [-0.05, 0) is 25.7 Å². The lowest BCUT2D eigenvalue weighted by molar-refractivity contribution is -0.168. The number of hydrogen-bond acceptors (Lipinski definition) is 4. The van der Waals surface area contributed by atoms with Gasteiger partial charge in [-0.3, -0.25) is 4.79 Å². The van der Waals surface area contributed by atoms with Crippen LogP contribution in [0, 0.1) is 0 Å². The lowest BCUT2D eigenvalue weighted by Crippen LogP contribution is -2.17. The summed E-state index contributed by atoms with van der Waals surface area (Å²) in [5.41, 5.74) is 0. The average Bonchev–Trinajstić information content (AvgIpc) is 3.10. The van der Waals surface area contributed by atoms with Gasteiger partial charge >= 0.3 is 5.97 Å². The van der Waals surface area contributed by atoms with Crippen molar-refractivity contribution in [3.8, 4) is 0 Å². The van der Waals surface area contributed by atoms with E-state index in [4.69, 9.17) is 4.74 Å². The molecule has 4 heteroatoms. The number of ether oxygens (including phenoxy) is 1. The monoisotopic (exact) mass is 709 g/mol. The summed E-state index contributed by atoms with van der Waals surface area (Å²) in [6, 6.07) is 0. The summed E-state index contributed by atoms with van der Waals surface area (Å²) in [6.45, 7) is 4.52. The van der Waals surface area contributed by atoms with Crippen LogP contribution in [0.3, 0.4) is 0 Å². The standard InChI is InChI=1S/C46H92O4/c1-3-5-7-9-10-11-12-13-14-15-16-17-18-19-20-21-22-23-24-25-26-27-31-34-38-42-45(48)50-46(49)43-39-35-32-29-28-30-33-37-41-44(47)40-36-8-6-4-2/h44-45,47-48H,3-43H2,1-2H3. The molecule has 0 radical (unpaired) electrons. The van der Waals surface area contributed by atoms with Crippen LogP contribution in [0.1, 0.15) is 277 Å². The van der Waals surface area contributed by atoms with Crippen molar-refractivity contribution in [1.82, 2.24) is 0 Å². The van der Waals surface area contributed by atoms with E-state index in [0.29, 0.717) is 12.8 Å². The molecule has 2 unspecified atom stereocenters. The van der Waals surface area contributed by atoms with Crippen molar-refractivity contribution >= 4 is 5.97 Å². The second-order valence-electron chi connectivity index (χ2n) is 16.1. The molecule has 0 heterocycles. The molecule has 0 amide bonds. The first kappa shape index (κ1) is 49.4. The number of carbonyl (C=O) groups is 1. The predicted molar refractivity (Wildman–Crippen MR) is 219 cm³/mol. The number of aliphatic hydroxyl groups is 2. The normalized spacial score (nSPS) is 12.8. The third kappa shape index (κ3) is 41.8.